The Bertz CT molecular complexity index is 660. The van der Waals surface area contributed by atoms with Crippen LogP contribution in [0.4, 0.5) is 5.95 Å². The molecule has 2 aromatic heterocycles. The Labute approximate surface area is 108 Å². The number of ether oxygens (including phenoxy) is 1. The lowest BCUT2D eigenvalue weighted by atomic mass is 10.5. The molecule has 0 saturated carbocycles. The lowest BCUT2D eigenvalue weighted by Crippen LogP contribution is -2.34. The largest absolute Gasteiger partial charge is 0.356 e. The van der Waals surface area contributed by atoms with Crippen LogP contribution in [0.15, 0.2) is 23.8 Å². The van der Waals surface area contributed by atoms with Crippen LogP contribution in [-0.2, 0) is 9.53 Å². The summed E-state index contributed by atoms with van der Waals surface area (Å²) in [6.45, 7) is 5.12. The number of carbonyl (C=O) groups excluding carboxylic acids is 1. The molecule has 19 heavy (non-hydrogen) atoms. The van der Waals surface area contributed by atoms with E-state index in [1.54, 1.807) is 6.08 Å². The number of anilines is 1. The van der Waals surface area contributed by atoms with Gasteiger partial charge in [0.05, 0.1) is 12.9 Å². The number of aromatic amines is 2. The first kappa shape index (κ1) is 13.0. The second kappa shape index (κ2) is 5.44. The molecule has 8 heteroatoms. The molecule has 1 amide bonds. The van der Waals surface area contributed by atoms with E-state index in [-0.39, 0.29) is 29.8 Å². The Balaban J connectivity index is 2.35. The van der Waals surface area contributed by atoms with E-state index in [0.29, 0.717) is 6.61 Å². The van der Waals surface area contributed by atoms with Crippen molar-refractivity contribution in [3.63, 3.8) is 0 Å². The Morgan fingerprint density at radius 1 is 1.63 bits per heavy atom. The van der Waals surface area contributed by atoms with Crippen LogP contribution in [0.25, 0.3) is 11.2 Å². The SMILES string of the molecule is C=CCOCN(C(C)=O)c1nc2nc[nH]c2c(=O)[nH]1. The molecule has 100 valence electrons. The van der Waals surface area contributed by atoms with Gasteiger partial charge in [0.25, 0.3) is 5.56 Å². The number of hydrogen-bond acceptors (Lipinski definition) is 5. The summed E-state index contributed by atoms with van der Waals surface area (Å²) in [5.41, 5.74) is 0.112. The highest BCUT2D eigenvalue weighted by Gasteiger charge is 2.16. The van der Waals surface area contributed by atoms with Gasteiger partial charge in [-0.15, -0.1) is 6.58 Å². The van der Waals surface area contributed by atoms with E-state index in [0.717, 1.165) is 0 Å². The maximum absolute atomic E-state index is 11.8. The number of nitrogens with one attached hydrogen (secondary N) is 2. The third-order valence-electron chi connectivity index (χ3n) is 2.38. The maximum atomic E-state index is 11.8. The van der Waals surface area contributed by atoms with Crippen molar-refractivity contribution in [2.24, 2.45) is 0 Å². The van der Waals surface area contributed by atoms with Gasteiger partial charge in [0.1, 0.15) is 6.73 Å². The van der Waals surface area contributed by atoms with Gasteiger partial charge in [-0.1, -0.05) is 6.08 Å². The number of nitrogens with zero attached hydrogens (tertiary/aromatic N) is 3. The minimum absolute atomic E-state index is 0.0276. The molecule has 0 unspecified atom stereocenters. The monoisotopic (exact) mass is 263 g/mol. The van der Waals surface area contributed by atoms with Crippen molar-refractivity contribution in [2.75, 3.05) is 18.2 Å². The normalized spacial score (nSPS) is 10.6. The molecule has 0 fully saturated rings. The Kier molecular flexibility index (Phi) is 3.71. The molecule has 0 aliphatic rings. The van der Waals surface area contributed by atoms with E-state index in [2.05, 4.69) is 26.5 Å². The molecule has 0 radical (unpaired) electrons. The zero-order chi connectivity index (χ0) is 13.8. The summed E-state index contributed by atoms with van der Waals surface area (Å²) in [5, 5.41) is 0. The summed E-state index contributed by atoms with van der Waals surface area (Å²) in [4.78, 5) is 37.7. The highest BCUT2D eigenvalue weighted by molar-refractivity contribution is 5.89. The third-order valence-corrected chi connectivity index (χ3v) is 2.38. The Morgan fingerprint density at radius 2 is 2.42 bits per heavy atom. The van der Waals surface area contributed by atoms with Gasteiger partial charge in [-0.05, 0) is 0 Å². The fourth-order valence-corrected chi connectivity index (χ4v) is 1.49. The fraction of sp³-hybridized carbons (Fsp3) is 0.273. The Hall–Kier alpha value is -2.48. The number of rotatable bonds is 5. The van der Waals surface area contributed by atoms with Crippen molar-refractivity contribution in [1.29, 1.82) is 0 Å². The van der Waals surface area contributed by atoms with Crippen molar-refractivity contribution >= 4 is 23.0 Å². The molecule has 0 atom stereocenters. The van der Waals surface area contributed by atoms with E-state index in [9.17, 15) is 9.59 Å². The highest BCUT2D eigenvalue weighted by atomic mass is 16.5. The molecule has 8 nitrogen and oxygen atoms in total. The molecule has 0 aliphatic heterocycles. The lowest BCUT2D eigenvalue weighted by Gasteiger charge is -2.18. The average Bonchev–Trinajstić information content (AvgIpc) is 2.83. The number of carbonyl (C=O) groups is 1. The first-order valence-electron chi connectivity index (χ1n) is 5.53. The second-order valence-electron chi connectivity index (χ2n) is 3.73. The predicted molar refractivity (Wildman–Crippen MR) is 68.7 cm³/mol. The van der Waals surface area contributed by atoms with Gasteiger partial charge in [-0.3, -0.25) is 19.5 Å². The summed E-state index contributed by atoms with van der Waals surface area (Å²) >= 11 is 0. The van der Waals surface area contributed by atoms with Crippen LogP contribution in [0, 0.1) is 0 Å². The zero-order valence-corrected chi connectivity index (χ0v) is 10.3. The highest BCUT2D eigenvalue weighted by Crippen LogP contribution is 2.09. The number of imidazole rings is 1. The summed E-state index contributed by atoms with van der Waals surface area (Å²) in [5.74, 6) is -0.205. The minimum Gasteiger partial charge on any atom is -0.356 e. The topological polar surface area (TPSA) is 104 Å². The number of fused-ring (bicyclic) bond motifs is 1. The molecule has 2 rings (SSSR count). The predicted octanol–water partition coefficient (Wildman–Crippen LogP) is 0.159. The van der Waals surface area contributed by atoms with Gasteiger partial charge in [0.2, 0.25) is 11.9 Å². The molecule has 0 aliphatic carbocycles. The van der Waals surface area contributed by atoms with Gasteiger partial charge >= 0.3 is 0 Å². The van der Waals surface area contributed by atoms with Gasteiger partial charge in [-0.2, -0.15) is 4.98 Å². The van der Waals surface area contributed by atoms with Crippen molar-refractivity contribution in [1.82, 2.24) is 19.9 Å². The smallest absolute Gasteiger partial charge is 0.278 e. The number of amides is 1. The quantitative estimate of drug-likeness (QED) is 0.454. The first-order chi connectivity index (χ1) is 9.13. The third kappa shape index (κ3) is 2.68. The number of aromatic nitrogens is 4. The van der Waals surface area contributed by atoms with E-state index in [4.69, 9.17) is 4.74 Å². The van der Waals surface area contributed by atoms with Crippen molar-refractivity contribution < 1.29 is 9.53 Å². The summed E-state index contributed by atoms with van der Waals surface area (Å²) in [6.07, 6.45) is 2.93. The molecule has 2 heterocycles. The molecule has 0 spiro atoms. The van der Waals surface area contributed by atoms with E-state index >= 15 is 0 Å². The minimum atomic E-state index is -0.396. The number of hydrogen-bond donors (Lipinski definition) is 2. The number of H-pyrrole nitrogens is 2. The zero-order valence-electron chi connectivity index (χ0n) is 10.3. The molecule has 0 saturated heterocycles. The lowest BCUT2D eigenvalue weighted by molar-refractivity contribution is -0.117. The standard InChI is InChI=1S/C11H13N5O3/c1-3-4-19-6-16(7(2)17)11-14-9-8(10(18)15-11)12-5-13-9/h3,5H,1,4,6H2,2H3,(H2,12,13,14,15,18). The molecule has 0 bridgehead atoms. The van der Waals surface area contributed by atoms with Gasteiger partial charge in [0, 0.05) is 6.92 Å². The molecular formula is C11H13N5O3. The van der Waals surface area contributed by atoms with E-state index in [1.165, 1.54) is 18.2 Å². The average molecular weight is 263 g/mol. The Morgan fingerprint density at radius 3 is 3.11 bits per heavy atom. The summed E-state index contributed by atoms with van der Waals surface area (Å²) in [7, 11) is 0. The van der Waals surface area contributed by atoms with E-state index < -0.39 is 5.56 Å². The van der Waals surface area contributed by atoms with Gasteiger partial charge in [0.15, 0.2) is 11.2 Å². The van der Waals surface area contributed by atoms with Crippen LogP contribution >= 0.6 is 0 Å². The van der Waals surface area contributed by atoms with Crippen LogP contribution in [0.3, 0.4) is 0 Å². The molecule has 2 N–H and O–H groups in total. The molecule has 0 aromatic carbocycles. The van der Waals surface area contributed by atoms with E-state index in [1.807, 2.05) is 0 Å². The van der Waals surface area contributed by atoms with Crippen molar-refractivity contribution in [3.8, 4) is 0 Å². The first-order valence-corrected chi connectivity index (χ1v) is 5.53. The maximum Gasteiger partial charge on any atom is 0.278 e. The van der Waals surface area contributed by atoms with Crippen LogP contribution < -0.4 is 10.5 Å². The van der Waals surface area contributed by atoms with Crippen LogP contribution in [0.5, 0.6) is 0 Å². The van der Waals surface area contributed by atoms with Crippen LogP contribution in [-0.4, -0.2) is 39.2 Å². The van der Waals surface area contributed by atoms with Crippen molar-refractivity contribution in [2.45, 2.75) is 6.92 Å². The molecule has 2 aromatic rings. The van der Waals surface area contributed by atoms with Crippen LogP contribution in [0.1, 0.15) is 6.92 Å². The fourth-order valence-electron chi connectivity index (χ4n) is 1.49. The molecular weight excluding hydrogens is 250 g/mol. The second-order valence-corrected chi connectivity index (χ2v) is 3.73. The summed E-state index contributed by atoms with van der Waals surface area (Å²) in [6, 6.07) is 0. The van der Waals surface area contributed by atoms with Crippen LogP contribution in [0.2, 0.25) is 0 Å². The van der Waals surface area contributed by atoms with Gasteiger partial charge in [-0.25, -0.2) is 4.98 Å². The van der Waals surface area contributed by atoms with Crippen molar-refractivity contribution in [3.05, 3.63) is 29.3 Å². The van der Waals surface area contributed by atoms with Gasteiger partial charge < -0.3 is 9.72 Å². The summed E-state index contributed by atoms with van der Waals surface area (Å²) < 4.78 is 5.19.